The van der Waals surface area contributed by atoms with Crippen LogP contribution in [0.5, 0.6) is 0 Å². The van der Waals surface area contributed by atoms with Crippen molar-refractivity contribution >= 4 is 18.2 Å². The Labute approximate surface area is 186 Å². The van der Waals surface area contributed by atoms with E-state index in [-0.39, 0.29) is 40.7 Å². The minimum Gasteiger partial charge on any atom is -0.466 e. The van der Waals surface area contributed by atoms with Gasteiger partial charge in [0.25, 0.3) is 0 Å². The van der Waals surface area contributed by atoms with Gasteiger partial charge in [0.2, 0.25) is 0 Å². The van der Waals surface area contributed by atoms with Crippen LogP contribution < -0.4 is 0 Å². The van der Waals surface area contributed by atoms with Gasteiger partial charge in [-0.15, -0.1) is 0 Å². The smallest absolute Gasteiger partial charge is 0.302 e. The van der Waals surface area contributed by atoms with Gasteiger partial charge in [-0.3, -0.25) is 9.59 Å². The van der Waals surface area contributed by atoms with Crippen molar-refractivity contribution in [3.05, 3.63) is 12.2 Å². The van der Waals surface area contributed by atoms with Crippen LogP contribution in [0, 0.1) is 34.5 Å². The second-order valence-corrected chi connectivity index (χ2v) is 10.3. The summed E-state index contributed by atoms with van der Waals surface area (Å²) in [5.41, 5.74) is 1.48. The van der Waals surface area contributed by atoms with Crippen molar-refractivity contribution in [3.63, 3.8) is 0 Å². The van der Waals surface area contributed by atoms with Crippen LogP contribution in [0.25, 0.3) is 0 Å². The van der Waals surface area contributed by atoms with Gasteiger partial charge >= 0.3 is 11.9 Å². The molecule has 0 aromatic carbocycles. The van der Waals surface area contributed by atoms with Gasteiger partial charge in [0.15, 0.2) is 0 Å². The quantitative estimate of drug-likeness (QED) is 0.257. The second-order valence-electron chi connectivity index (χ2n) is 10.3. The fraction of sp³-hybridized carbons (Fsp3) is 0.800. The maximum atomic E-state index is 11.6. The molecule has 0 N–H and O–H groups in total. The van der Waals surface area contributed by atoms with E-state index in [0.29, 0.717) is 18.4 Å². The fourth-order valence-electron chi connectivity index (χ4n) is 6.90. The van der Waals surface area contributed by atoms with E-state index in [4.69, 9.17) is 14.3 Å². The van der Waals surface area contributed by atoms with Crippen molar-refractivity contribution in [2.24, 2.45) is 39.7 Å². The molecule has 0 aliphatic heterocycles. The Hall–Kier alpha value is -1.85. The number of allylic oxidation sites excluding steroid dienone is 1. The molecular weight excluding hydrogens is 394 g/mol. The third-order valence-electron chi connectivity index (χ3n) is 8.78. The van der Waals surface area contributed by atoms with E-state index >= 15 is 0 Å². The number of esters is 2. The minimum absolute atomic E-state index is 0.0399. The molecule has 0 aromatic rings. The van der Waals surface area contributed by atoms with Gasteiger partial charge < -0.3 is 14.3 Å². The Kier molecular flexibility index (Phi) is 7.17. The lowest BCUT2D eigenvalue weighted by Crippen LogP contribution is -2.52. The van der Waals surface area contributed by atoms with E-state index in [1.54, 1.807) is 7.11 Å². The summed E-state index contributed by atoms with van der Waals surface area (Å²) in [7, 11) is 1.59. The van der Waals surface area contributed by atoms with Crippen molar-refractivity contribution in [3.8, 4) is 0 Å². The molecule has 0 radical (unpaired) electrons. The Morgan fingerprint density at radius 1 is 1.13 bits per heavy atom. The average Bonchev–Trinajstić information content (AvgIpc) is 3.01. The predicted molar refractivity (Wildman–Crippen MR) is 119 cm³/mol. The average molecular weight is 434 g/mol. The number of hydrogen-bond donors (Lipinski definition) is 0. The standard InChI is InChI=1S/C25H39NO5/c1-16-7-8-22-21(14-26-29-6)23(10-12-24(16,22)4)25(5)11-9-20(31-18(3)28)13-19(25)15-30-17(2)27/h14,19-23H,1,7-13,15H2,2-6H3/t19-,20+,21+,22+,23+,24-,25+/m1/s1. The zero-order valence-corrected chi connectivity index (χ0v) is 19.8. The summed E-state index contributed by atoms with van der Waals surface area (Å²) in [6.07, 6.45) is 8.83. The van der Waals surface area contributed by atoms with E-state index in [2.05, 4.69) is 25.6 Å². The first kappa shape index (κ1) is 23.8. The molecule has 3 aliphatic rings. The van der Waals surface area contributed by atoms with Gasteiger partial charge in [0, 0.05) is 31.9 Å². The molecule has 3 saturated carbocycles. The maximum Gasteiger partial charge on any atom is 0.302 e. The molecule has 174 valence electrons. The normalized spacial score (nSPS) is 40.4. The highest BCUT2D eigenvalue weighted by molar-refractivity contribution is 5.66. The molecule has 3 rings (SSSR count). The number of oxime groups is 1. The molecule has 31 heavy (non-hydrogen) atoms. The first-order chi connectivity index (χ1) is 14.6. The molecular formula is C25H39NO5. The number of carbonyl (C=O) groups excluding carboxylic acids is 2. The lowest BCUT2D eigenvalue weighted by Gasteiger charge is -2.55. The van der Waals surface area contributed by atoms with Crippen LogP contribution in [0.1, 0.15) is 72.6 Å². The van der Waals surface area contributed by atoms with Crippen molar-refractivity contribution in [2.75, 3.05) is 13.7 Å². The fourth-order valence-corrected chi connectivity index (χ4v) is 6.90. The van der Waals surface area contributed by atoms with Gasteiger partial charge in [0.1, 0.15) is 13.2 Å². The summed E-state index contributed by atoms with van der Waals surface area (Å²) in [4.78, 5) is 28.3. The van der Waals surface area contributed by atoms with Gasteiger partial charge in [-0.05, 0) is 67.6 Å². The van der Waals surface area contributed by atoms with Crippen LogP contribution >= 0.6 is 0 Å². The molecule has 0 amide bonds. The topological polar surface area (TPSA) is 74.2 Å². The third-order valence-corrected chi connectivity index (χ3v) is 8.78. The zero-order chi connectivity index (χ0) is 22.8. The summed E-state index contributed by atoms with van der Waals surface area (Å²) < 4.78 is 11.1. The van der Waals surface area contributed by atoms with E-state index in [1.165, 1.54) is 19.4 Å². The Balaban J connectivity index is 1.91. The maximum absolute atomic E-state index is 11.6. The molecule has 0 saturated heterocycles. The molecule has 7 atom stereocenters. The molecule has 0 aromatic heterocycles. The molecule has 0 bridgehead atoms. The Bertz CT molecular complexity index is 733. The molecule has 3 aliphatic carbocycles. The number of rotatable bonds is 6. The monoisotopic (exact) mass is 433 g/mol. The summed E-state index contributed by atoms with van der Waals surface area (Å²) in [6, 6.07) is 0. The van der Waals surface area contributed by atoms with Crippen LogP contribution in [0.2, 0.25) is 0 Å². The van der Waals surface area contributed by atoms with Crippen LogP contribution in [-0.4, -0.2) is 38.0 Å². The van der Waals surface area contributed by atoms with Gasteiger partial charge in [-0.2, -0.15) is 0 Å². The lowest BCUT2D eigenvalue weighted by atomic mass is 9.49. The van der Waals surface area contributed by atoms with Crippen molar-refractivity contribution in [1.29, 1.82) is 0 Å². The molecule has 3 fully saturated rings. The summed E-state index contributed by atoms with van der Waals surface area (Å²) in [6.45, 7) is 12.4. The second kappa shape index (κ2) is 9.33. The van der Waals surface area contributed by atoms with Crippen LogP contribution in [0.15, 0.2) is 17.3 Å². The van der Waals surface area contributed by atoms with E-state index in [1.807, 2.05) is 6.21 Å². The molecule has 6 nitrogen and oxygen atoms in total. The van der Waals surface area contributed by atoms with Crippen molar-refractivity contribution in [1.82, 2.24) is 0 Å². The van der Waals surface area contributed by atoms with Crippen molar-refractivity contribution < 1.29 is 23.9 Å². The largest absolute Gasteiger partial charge is 0.466 e. The Morgan fingerprint density at radius 3 is 2.52 bits per heavy atom. The van der Waals surface area contributed by atoms with Crippen LogP contribution in [0.3, 0.4) is 0 Å². The number of hydrogen-bond acceptors (Lipinski definition) is 6. The lowest BCUT2D eigenvalue weighted by molar-refractivity contribution is -0.159. The molecule has 6 heteroatoms. The third kappa shape index (κ3) is 4.68. The van der Waals surface area contributed by atoms with Gasteiger partial charge in [-0.25, -0.2) is 0 Å². The number of ether oxygens (including phenoxy) is 2. The number of carbonyl (C=O) groups is 2. The summed E-state index contributed by atoms with van der Waals surface area (Å²) in [5, 5.41) is 4.23. The van der Waals surface area contributed by atoms with Gasteiger partial charge in [-0.1, -0.05) is 31.2 Å². The first-order valence-electron chi connectivity index (χ1n) is 11.7. The molecule has 0 spiro atoms. The summed E-state index contributed by atoms with van der Waals surface area (Å²) >= 11 is 0. The molecule has 0 unspecified atom stereocenters. The first-order valence-corrected chi connectivity index (χ1v) is 11.7. The van der Waals surface area contributed by atoms with Crippen molar-refractivity contribution in [2.45, 2.75) is 78.7 Å². The van der Waals surface area contributed by atoms with E-state index in [0.717, 1.165) is 44.9 Å². The Morgan fingerprint density at radius 2 is 1.87 bits per heavy atom. The summed E-state index contributed by atoms with van der Waals surface area (Å²) in [5.74, 6) is 0.796. The predicted octanol–water partition coefficient (Wildman–Crippen LogP) is 4.92. The SMILES string of the molecule is C=C1CC[C@H]2[C@H](C=NOC)[C@@H]([C@@]3(C)CC[C@H](OC(C)=O)C[C@@H]3COC(C)=O)CC[C@]12C. The zero-order valence-electron chi connectivity index (χ0n) is 19.8. The highest BCUT2D eigenvalue weighted by Crippen LogP contribution is 2.63. The van der Waals surface area contributed by atoms with E-state index in [9.17, 15) is 9.59 Å². The van der Waals surface area contributed by atoms with Crippen LogP contribution in [-0.2, 0) is 23.9 Å². The highest BCUT2D eigenvalue weighted by atomic mass is 16.6. The number of nitrogens with zero attached hydrogens (tertiary/aromatic N) is 1. The van der Waals surface area contributed by atoms with Crippen LogP contribution in [0.4, 0.5) is 0 Å². The highest BCUT2D eigenvalue weighted by Gasteiger charge is 2.57. The molecule has 0 heterocycles. The van der Waals surface area contributed by atoms with Gasteiger partial charge in [0.05, 0.1) is 6.61 Å². The van der Waals surface area contributed by atoms with E-state index < -0.39 is 0 Å². The minimum atomic E-state index is -0.266. The number of fused-ring (bicyclic) bond motifs is 1.